The zero-order valence-corrected chi connectivity index (χ0v) is 12.0. The summed E-state index contributed by atoms with van der Waals surface area (Å²) in [6.45, 7) is 5.50. The molecule has 0 aliphatic heterocycles. The third kappa shape index (κ3) is 2.90. The van der Waals surface area contributed by atoms with Gasteiger partial charge in [-0.3, -0.25) is 0 Å². The molecule has 4 nitrogen and oxygen atoms in total. The van der Waals surface area contributed by atoms with Crippen LogP contribution in [0.3, 0.4) is 0 Å². The van der Waals surface area contributed by atoms with E-state index < -0.39 is 5.97 Å². The van der Waals surface area contributed by atoms with E-state index in [0.29, 0.717) is 25.0 Å². The minimum absolute atomic E-state index is 0.168. The fourth-order valence-electron chi connectivity index (χ4n) is 2.14. The molecule has 2 rings (SSSR count). The molecule has 4 heteroatoms. The van der Waals surface area contributed by atoms with E-state index in [2.05, 4.69) is 0 Å². The topological polar surface area (TPSA) is 56.5 Å². The van der Waals surface area contributed by atoms with Crippen LogP contribution in [0.1, 0.15) is 41.9 Å². The van der Waals surface area contributed by atoms with Crippen molar-refractivity contribution < 1.29 is 18.7 Å². The van der Waals surface area contributed by atoms with Gasteiger partial charge in [0.2, 0.25) is 5.76 Å². The van der Waals surface area contributed by atoms with Crippen LogP contribution in [-0.4, -0.2) is 18.4 Å². The molecule has 0 amide bonds. The number of carbonyl (C=O) groups excluding carboxylic acids is 2. The Morgan fingerprint density at radius 3 is 2.70 bits per heavy atom. The van der Waals surface area contributed by atoms with Crippen molar-refractivity contribution in [2.75, 3.05) is 6.61 Å². The number of hydrogen-bond acceptors (Lipinski definition) is 4. The first-order valence-electron chi connectivity index (χ1n) is 6.71. The fraction of sp³-hybridized carbons (Fsp3) is 0.375. The molecule has 1 aromatic carbocycles. The molecule has 1 heterocycles. The molecule has 0 spiro atoms. The van der Waals surface area contributed by atoms with Crippen LogP contribution in [0.4, 0.5) is 0 Å². The number of rotatable bonds is 5. The summed E-state index contributed by atoms with van der Waals surface area (Å²) in [5.74, 6) is -0.0155. The van der Waals surface area contributed by atoms with Crippen LogP contribution < -0.4 is 0 Å². The van der Waals surface area contributed by atoms with Gasteiger partial charge in [0, 0.05) is 17.4 Å². The molecule has 0 saturated heterocycles. The summed E-state index contributed by atoms with van der Waals surface area (Å²) in [6.07, 6.45) is 1.22. The normalized spacial score (nSPS) is 10.8. The van der Waals surface area contributed by atoms with Crippen LogP contribution in [0.25, 0.3) is 11.0 Å². The molecule has 0 bridgehead atoms. The Kier molecular flexibility index (Phi) is 4.23. The molecule has 0 aliphatic carbocycles. The predicted octanol–water partition coefficient (Wildman–Crippen LogP) is 3.44. The van der Waals surface area contributed by atoms with Gasteiger partial charge in [0.05, 0.1) is 6.61 Å². The van der Waals surface area contributed by atoms with Crippen molar-refractivity contribution >= 4 is 22.7 Å². The molecule has 0 unspecified atom stereocenters. The summed E-state index contributed by atoms with van der Waals surface area (Å²) in [4.78, 5) is 22.8. The lowest BCUT2D eigenvalue weighted by Crippen LogP contribution is -2.04. The Morgan fingerprint density at radius 1 is 1.30 bits per heavy atom. The Balaban J connectivity index is 2.35. The van der Waals surface area contributed by atoms with Crippen LogP contribution in [-0.2, 0) is 16.0 Å². The third-order valence-corrected chi connectivity index (χ3v) is 3.23. The van der Waals surface area contributed by atoms with Gasteiger partial charge in [-0.05, 0) is 44.9 Å². The molecule has 1 aromatic heterocycles. The summed E-state index contributed by atoms with van der Waals surface area (Å²) >= 11 is 0. The van der Waals surface area contributed by atoms with Crippen molar-refractivity contribution in [3.05, 3.63) is 35.1 Å². The number of esters is 1. The number of aryl methyl sites for hydroxylation is 2. The highest BCUT2D eigenvalue weighted by molar-refractivity contribution is 5.96. The second kappa shape index (κ2) is 5.90. The number of furan rings is 1. The van der Waals surface area contributed by atoms with E-state index >= 15 is 0 Å². The van der Waals surface area contributed by atoms with E-state index in [4.69, 9.17) is 9.15 Å². The maximum atomic E-state index is 11.8. The van der Waals surface area contributed by atoms with Crippen LogP contribution in [0.2, 0.25) is 0 Å². The van der Waals surface area contributed by atoms with Crippen molar-refractivity contribution in [3.63, 3.8) is 0 Å². The number of ketones is 1. The second-order valence-corrected chi connectivity index (χ2v) is 4.81. The quantitative estimate of drug-likeness (QED) is 0.784. The lowest BCUT2D eigenvalue weighted by molar-refractivity contribution is -0.116. The molecule has 0 aliphatic rings. The smallest absolute Gasteiger partial charge is 0.374 e. The van der Waals surface area contributed by atoms with Gasteiger partial charge in [0.15, 0.2) is 0 Å². The first kappa shape index (κ1) is 14.3. The van der Waals surface area contributed by atoms with Gasteiger partial charge in [-0.1, -0.05) is 6.07 Å². The average molecular weight is 274 g/mol. The minimum Gasteiger partial charge on any atom is -0.460 e. The highest BCUT2D eigenvalue weighted by Gasteiger charge is 2.18. The largest absolute Gasteiger partial charge is 0.460 e. The summed E-state index contributed by atoms with van der Waals surface area (Å²) in [6, 6.07) is 5.73. The number of fused-ring (bicyclic) bond motifs is 1. The highest BCUT2D eigenvalue weighted by Crippen LogP contribution is 2.27. The number of carbonyl (C=O) groups is 2. The van der Waals surface area contributed by atoms with E-state index in [-0.39, 0.29) is 11.5 Å². The molecule has 0 atom stereocenters. The van der Waals surface area contributed by atoms with Gasteiger partial charge in [-0.15, -0.1) is 0 Å². The Labute approximate surface area is 117 Å². The molecule has 2 aromatic rings. The maximum absolute atomic E-state index is 11.8. The molecule has 106 valence electrons. The van der Waals surface area contributed by atoms with Gasteiger partial charge in [-0.2, -0.15) is 0 Å². The van der Waals surface area contributed by atoms with Crippen LogP contribution in [0.15, 0.2) is 22.6 Å². The Hall–Kier alpha value is -2.10. The van der Waals surface area contributed by atoms with Crippen LogP contribution in [0, 0.1) is 6.92 Å². The first-order valence-corrected chi connectivity index (χ1v) is 6.71. The number of benzene rings is 1. The molecule has 20 heavy (non-hydrogen) atoms. The summed E-state index contributed by atoms with van der Waals surface area (Å²) < 4.78 is 10.5. The number of Topliss-reactive ketones (excluding diaryl/α,β-unsaturated/α-hetero) is 1. The molecule has 0 fully saturated rings. The summed E-state index contributed by atoms with van der Waals surface area (Å²) in [7, 11) is 0. The Morgan fingerprint density at radius 2 is 2.05 bits per heavy atom. The highest BCUT2D eigenvalue weighted by atomic mass is 16.5. The van der Waals surface area contributed by atoms with Crippen molar-refractivity contribution in [2.45, 2.75) is 33.6 Å². The van der Waals surface area contributed by atoms with Gasteiger partial charge in [-0.25, -0.2) is 4.79 Å². The third-order valence-electron chi connectivity index (χ3n) is 3.23. The van der Waals surface area contributed by atoms with Crippen molar-refractivity contribution in [2.24, 2.45) is 0 Å². The standard InChI is InChI=1S/C16H18O4/c1-4-19-16(18)15-11(3)13-9-12(6-5-10(2)17)7-8-14(13)20-15/h7-9H,4-6H2,1-3H3. The van der Waals surface area contributed by atoms with Crippen molar-refractivity contribution in [1.29, 1.82) is 0 Å². The van der Waals surface area contributed by atoms with E-state index in [1.807, 2.05) is 25.1 Å². The van der Waals surface area contributed by atoms with Gasteiger partial charge in [0.1, 0.15) is 11.4 Å². The van der Waals surface area contributed by atoms with Gasteiger partial charge in [0.25, 0.3) is 0 Å². The Bertz CT molecular complexity index is 652. The lowest BCUT2D eigenvalue weighted by Gasteiger charge is -1.99. The summed E-state index contributed by atoms with van der Waals surface area (Å²) in [5.41, 5.74) is 2.51. The van der Waals surface area contributed by atoms with Crippen molar-refractivity contribution in [1.82, 2.24) is 0 Å². The van der Waals surface area contributed by atoms with Crippen LogP contribution in [0.5, 0.6) is 0 Å². The second-order valence-electron chi connectivity index (χ2n) is 4.81. The predicted molar refractivity (Wildman–Crippen MR) is 75.9 cm³/mol. The monoisotopic (exact) mass is 274 g/mol. The van der Waals surface area contributed by atoms with E-state index in [1.165, 1.54) is 0 Å². The maximum Gasteiger partial charge on any atom is 0.374 e. The molecule has 0 N–H and O–H groups in total. The zero-order valence-electron chi connectivity index (χ0n) is 12.0. The number of ether oxygens (including phenoxy) is 1. The summed E-state index contributed by atoms with van der Waals surface area (Å²) in [5, 5.41) is 0.897. The zero-order chi connectivity index (χ0) is 14.7. The van der Waals surface area contributed by atoms with Crippen LogP contribution >= 0.6 is 0 Å². The molecular formula is C16H18O4. The van der Waals surface area contributed by atoms with E-state index in [0.717, 1.165) is 16.5 Å². The minimum atomic E-state index is -0.438. The lowest BCUT2D eigenvalue weighted by atomic mass is 10.0. The molecule has 0 saturated carbocycles. The molecular weight excluding hydrogens is 256 g/mol. The fourth-order valence-corrected chi connectivity index (χ4v) is 2.14. The number of hydrogen-bond donors (Lipinski definition) is 0. The van der Waals surface area contributed by atoms with Gasteiger partial charge < -0.3 is 13.9 Å². The van der Waals surface area contributed by atoms with E-state index in [1.54, 1.807) is 13.8 Å². The first-order chi connectivity index (χ1) is 9.52. The van der Waals surface area contributed by atoms with Gasteiger partial charge >= 0.3 is 5.97 Å². The molecule has 0 radical (unpaired) electrons. The van der Waals surface area contributed by atoms with Crippen molar-refractivity contribution in [3.8, 4) is 0 Å². The SMILES string of the molecule is CCOC(=O)c1oc2ccc(CCC(C)=O)cc2c1C. The van der Waals surface area contributed by atoms with E-state index in [9.17, 15) is 9.59 Å². The average Bonchev–Trinajstić information content (AvgIpc) is 2.74.